The number of fused-ring (bicyclic) bond motifs is 1. The number of pyridine rings is 1. The van der Waals surface area contributed by atoms with Crippen LogP contribution in [0, 0.1) is 17.8 Å². The second-order valence-electron chi connectivity index (χ2n) is 8.88. The summed E-state index contributed by atoms with van der Waals surface area (Å²) < 4.78 is 79.7. The Kier molecular flexibility index (Phi) is 4.55. The zero-order valence-electron chi connectivity index (χ0n) is 16.4. The molecule has 11 heteroatoms. The van der Waals surface area contributed by atoms with Crippen LogP contribution in [0.5, 0.6) is 0 Å². The summed E-state index contributed by atoms with van der Waals surface area (Å²) in [5.74, 6) is 0.917. The molecule has 3 atom stereocenters. The van der Waals surface area contributed by atoms with E-state index >= 15 is 0 Å². The molecule has 0 spiro atoms. The summed E-state index contributed by atoms with van der Waals surface area (Å²) in [6.07, 6.45) is -2.96. The lowest BCUT2D eigenvalue weighted by Crippen LogP contribution is -2.34. The van der Waals surface area contributed by atoms with Gasteiger partial charge in [0.25, 0.3) is 0 Å². The molecule has 31 heavy (non-hydrogen) atoms. The number of hydrogen-bond acceptors (Lipinski definition) is 4. The first-order chi connectivity index (χ1) is 14.5. The maximum atomic E-state index is 13.2. The van der Waals surface area contributed by atoms with E-state index in [2.05, 4.69) is 9.97 Å². The molecular weight excluding hydrogens is 424 g/mol. The van der Waals surface area contributed by atoms with E-state index in [0.29, 0.717) is 24.7 Å². The molecule has 0 amide bonds. The predicted molar refractivity (Wildman–Crippen MR) is 99.8 cm³/mol. The van der Waals surface area contributed by atoms with Gasteiger partial charge in [-0.3, -0.25) is 4.90 Å². The second-order valence-corrected chi connectivity index (χ2v) is 8.88. The molecule has 5 nitrogen and oxygen atoms in total. The Morgan fingerprint density at radius 2 is 1.74 bits per heavy atom. The number of aromatic nitrogens is 3. The van der Waals surface area contributed by atoms with Crippen LogP contribution in [0.1, 0.15) is 30.3 Å². The van der Waals surface area contributed by atoms with Gasteiger partial charge in [-0.05, 0) is 36.7 Å². The van der Waals surface area contributed by atoms with Crippen LogP contribution < -0.4 is 5.73 Å². The highest BCUT2D eigenvalue weighted by Crippen LogP contribution is 2.56. The van der Waals surface area contributed by atoms with Crippen molar-refractivity contribution in [1.29, 1.82) is 0 Å². The Balaban J connectivity index is 1.40. The summed E-state index contributed by atoms with van der Waals surface area (Å²) in [4.78, 5) is 9.71. The minimum absolute atomic E-state index is 0.0447. The van der Waals surface area contributed by atoms with Gasteiger partial charge in [0, 0.05) is 43.5 Å². The molecule has 0 radical (unpaired) electrons. The average molecular weight is 445 g/mol. The summed E-state index contributed by atoms with van der Waals surface area (Å²) in [5.41, 5.74) is 5.00. The van der Waals surface area contributed by atoms with Gasteiger partial charge in [-0.1, -0.05) is 0 Å². The third kappa shape index (κ3) is 4.11. The Hall–Kier alpha value is -2.30. The van der Waals surface area contributed by atoms with Crippen molar-refractivity contribution in [3.05, 3.63) is 29.8 Å². The maximum Gasteiger partial charge on any atom is 0.419 e. The number of hydrogen-bond donors (Lipinski definition) is 1. The van der Waals surface area contributed by atoms with Crippen LogP contribution in [-0.2, 0) is 12.6 Å². The van der Waals surface area contributed by atoms with Crippen LogP contribution in [0.2, 0.25) is 0 Å². The third-order valence-electron chi connectivity index (χ3n) is 6.45. The van der Waals surface area contributed by atoms with Crippen LogP contribution in [0.4, 0.5) is 32.2 Å². The van der Waals surface area contributed by atoms with Gasteiger partial charge in [0.2, 0.25) is 0 Å². The molecule has 3 heterocycles. The molecule has 2 aromatic rings. The number of anilines is 1. The van der Waals surface area contributed by atoms with Crippen LogP contribution in [-0.4, -0.2) is 45.2 Å². The molecule has 0 bridgehead atoms. The summed E-state index contributed by atoms with van der Waals surface area (Å²) in [7, 11) is 0. The zero-order chi connectivity index (χ0) is 22.1. The fourth-order valence-corrected chi connectivity index (χ4v) is 4.78. The van der Waals surface area contributed by atoms with Crippen molar-refractivity contribution in [3.63, 3.8) is 0 Å². The number of imidazole rings is 1. The molecule has 2 aromatic heterocycles. The fourth-order valence-electron chi connectivity index (χ4n) is 4.78. The summed E-state index contributed by atoms with van der Waals surface area (Å²) in [5, 5.41) is 0. The van der Waals surface area contributed by atoms with Crippen LogP contribution in [0.25, 0.3) is 11.3 Å². The molecule has 0 aromatic carbocycles. The van der Waals surface area contributed by atoms with Gasteiger partial charge in [0.1, 0.15) is 11.6 Å². The first-order valence-electron chi connectivity index (χ1n) is 10.2. The number of nitrogen functional groups attached to an aromatic ring is 1. The minimum atomic E-state index is -4.62. The van der Waals surface area contributed by atoms with Crippen molar-refractivity contribution in [1.82, 2.24) is 19.4 Å². The third-order valence-corrected chi connectivity index (χ3v) is 6.45. The topological polar surface area (TPSA) is 60.0 Å². The molecule has 2 aliphatic carbocycles. The van der Waals surface area contributed by atoms with Crippen molar-refractivity contribution >= 4 is 5.82 Å². The highest BCUT2D eigenvalue weighted by atomic mass is 19.4. The molecule has 1 aliphatic heterocycles. The minimum Gasteiger partial charge on any atom is -0.383 e. The molecule has 168 valence electrons. The van der Waals surface area contributed by atoms with E-state index in [1.54, 1.807) is 6.20 Å². The lowest BCUT2D eigenvalue weighted by molar-refractivity contribution is -0.144. The number of halogens is 6. The van der Waals surface area contributed by atoms with Crippen LogP contribution >= 0.6 is 0 Å². The SMILES string of the molecule is Nc1ncc(-c2cn(C3[C@H]4CN(CC(F)(F)F)C[C@@H]34)c(CC3CC3)n2)cc1C(F)(F)F. The quantitative estimate of drug-likeness (QED) is 0.703. The van der Waals surface area contributed by atoms with E-state index in [1.807, 2.05) is 4.57 Å². The standard InChI is InChI=1S/C20H21F6N5/c21-19(22,23)9-30-6-12-13(7-30)17(12)31-8-15(29-16(31)3-10-1-2-10)11-4-14(20(24,25)26)18(27)28-5-11/h4-5,8,10,12-13,17H,1-3,6-7,9H2,(H2,27,28)/t12-,13+,17?. The van der Waals surface area contributed by atoms with E-state index in [4.69, 9.17) is 5.73 Å². The molecular formula is C20H21F6N5. The van der Waals surface area contributed by atoms with Crippen LogP contribution in [0.3, 0.4) is 0 Å². The molecule has 5 rings (SSSR count). The second kappa shape index (κ2) is 6.85. The molecule has 1 unspecified atom stereocenters. The number of nitrogens with zero attached hydrogens (tertiary/aromatic N) is 4. The van der Waals surface area contributed by atoms with Gasteiger partial charge >= 0.3 is 12.4 Å². The predicted octanol–water partition coefficient (Wildman–Crippen LogP) is 4.16. The normalized spacial score (nSPS) is 26.3. The van der Waals surface area contributed by atoms with E-state index in [0.717, 1.165) is 31.2 Å². The first kappa shape index (κ1) is 20.6. The lowest BCUT2D eigenvalue weighted by atomic mass is 10.1. The Labute approximate surface area is 174 Å². The summed E-state index contributed by atoms with van der Waals surface area (Å²) in [6, 6.07) is 0.998. The van der Waals surface area contributed by atoms with Crippen molar-refractivity contribution in [2.24, 2.45) is 17.8 Å². The van der Waals surface area contributed by atoms with Crippen molar-refractivity contribution in [2.45, 2.75) is 37.7 Å². The highest BCUT2D eigenvalue weighted by molar-refractivity contribution is 5.62. The Morgan fingerprint density at radius 1 is 1.06 bits per heavy atom. The smallest absolute Gasteiger partial charge is 0.383 e. The molecule has 3 fully saturated rings. The molecule has 3 aliphatic rings. The maximum absolute atomic E-state index is 13.2. The van der Waals surface area contributed by atoms with Crippen LogP contribution in [0.15, 0.2) is 18.5 Å². The molecule has 2 N–H and O–H groups in total. The van der Waals surface area contributed by atoms with Gasteiger partial charge < -0.3 is 10.3 Å². The highest BCUT2D eigenvalue weighted by Gasteiger charge is 2.58. The van der Waals surface area contributed by atoms with Gasteiger partial charge in [-0.2, -0.15) is 26.3 Å². The van der Waals surface area contributed by atoms with Crippen molar-refractivity contribution in [3.8, 4) is 11.3 Å². The molecule has 2 saturated carbocycles. The zero-order valence-corrected chi connectivity index (χ0v) is 16.4. The fraction of sp³-hybridized carbons (Fsp3) is 0.600. The number of rotatable bonds is 5. The number of nitrogens with two attached hydrogens (primary N) is 1. The lowest BCUT2D eigenvalue weighted by Gasteiger charge is -2.21. The first-order valence-corrected chi connectivity index (χ1v) is 10.2. The number of likely N-dealkylation sites (tertiary alicyclic amines) is 1. The van der Waals surface area contributed by atoms with Gasteiger partial charge in [-0.15, -0.1) is 0 Å². The van der Waals surface area contributed by atoms with Gasteiger partial charge in [0.15, 0.2) is 0 Å². The monoisotopic (exact) mass is 445 g/mol. The van der Waals surface area contributed by atoms with E-state index in [1.165, 1.54) is 11.1 Å². The van der Waals surface area contributed by atoms with E-state index < -0.39 is 30.3 Å². The van der Waals surface area contributed by atoms with Gasteiger partial charge in [-0.25, -0.2) is 9.97 Å². The van der Waals surface area contributed by atoms with E-state index in [9.17, 15) is 26.3 Å². The van der Waals surface area contributed by atoms with E-state index in [-0.39, 0.29) is 23.4 Å². The number of piperidine rings is 1. The van der Waals surface area contributed by atoms with Crippen molar-refractivity contribution < 1.29 is 26.3 Å². The number of alkyl halides is 6. The summed E-state index contributed by atoms with van der Waals surface area (Å²) >= 11 is 0. The van der Waals surface area contributed by atoms with Gasteiger partial charge in [0.05, 0.1) is 17.8 Å². The summed E-state index contributed by atoms with van der Waals surface area (Å²) in [6.45, 7) is -0.173. The Bertz CT molecular complexity index is 981. The van der Waals surface area contributed by atoms with Crippen molar-refractivity contribution in [2.75, 3.05) is 25.4 Å². The largest absolute Gasteiger partial charge is 0.419 e. The Morgan fingerprint density at radius 3 is 2.32 bits per heavy atom. The molecule has 1 saturated heterocycles. The average Bonchev–Trinajstić information content (AvgIpc) is 3.49.